The maximum absolute atomic E-state index is 6.55. The van der Waals surface area contributed by atoms with Crippen LogP contribution >= 0.6 is 15.8 Å². The Labute approximate surface area is 305 Å². The molecule has 0 aliphatic carbocycles. The summed E-state index contributed by atoms with van der Waals surface area (Å²) < 4.78 is 2.45. The molecule has 0 saturated carbocycles. The summed E-state index contributed by atoms with van der Waals surface area (Å²) >= 11 is 0. The third-order valence-corrected chi connectivity index (χ3v) is 129. The molecule has 20 aliphatic heterocycles. The van der Waals surface area contributed by atoms with E-state index in [0.29, 0.717) is 17.5 Å². The SMILES string of the molecule is CC(P(c1ccccc1)c1ccccc1)[C]12[CH]3[CH]4[CH]5[C@@]1(N=CN[C@@]16[CH]7[CH]8[CH]9[C]1(C(C)P(c1ccccc1)c1ccccc1)[Fe]89761%10%11%12[CH]6[CH]1[CH]%10[CH]%11[CH]6%12)[Fe]43521678[CH]2[CH]1[CH]6[CH]7[CH]28. The zero-order valence-electron chi connectivity index (χ0n) is 31.1. The third-order valence-electron chi connectivity index (χ3n) is 36.5. The van der Waals surface area contributed by atoms with Crippen LogP contribution < -0.4 is 26.5 Å². The molecule has 20 saturated heterocycles. The molecule has 20 aliphatic rings. The van der Waals surface area contributed by atoms with Gasteiger partial charge in [-0.25, -0.2) is 0 Å². The normalized spacial score (nSPS) is 82.5. The molecule has 55 heavy (non-hydrogen) atoms. The Morgan fingerprint density at radius 1 is 0.473 bits per heavy atom. The van der Waals surface area contributed by atoms with Crippen molar-refractivity contribution in [2.75, 3.05) is 0 Å². The van der Waals surface area contributed by atoms with Crippen LogP contribution in [0.1, 0.15) is 13.8 Å². The van der Waals surface area contributed by atoms with Crippen LogP contribution in [0.3, 0.4) is 0 Å². The van der Waals surface area contributed by atoms with Crippen molar-refractivity contribution >= 4 is 43.4 Å². The molecule has 1 N–H and O–H groups in total. The quantitative estimate of drug-likeness (QED) is 0.0692. The van der Waals surface area contributed by atoms with Crippen LogP contribution in [0, 0.1) is 0 Å². The van der Waals surface area contributed by atoms with E-state index < -0.39 is 20.9 Å². The number of nitrogens with zero attached hydrogens (tertiary/aromatic N) is 1. The third kappa shape index (κ3) is 0.473. The molecule has 4 aromatic rings. The summed E-state index contributed by atoms with van der Waals surface area (Å²) in [7, 11) is -0.778. The van der Waals surface area contributed by atoms with Gasteiger partial charge in [0.15, 0.2) is 0 Å². The Bertz CT molecular complexity index is 3590. The zero-order valence-corrected chi connectivity index (χ0v) is 35.1. The van der Waals surface area contributed by atoms with Gasteiger partial charge in [0.1, 0.15) is 0 Å². The topological polar surface area (TPSA) is 24.4 Å². The van der Waals surface area contributed by atoms with Gasteiger partial charge in [-0.1, -0.05) is 0 Å². The van der Waals surface area contributed by atoms with Gasteiger partial charge in [0.05, 0.1) is 0 Å². The molecular weight excluding hydrogens is 790 g/mol. The number of rotatable bonds is 11. The second-order valence-corrected chi connectivity index (χ2v) is 79.0. The first kappa shape index (κ1) is 25.0. The van der Waals surface area contributed by atoms with E-state index in [-0.39, 0.29) is 7.92 Å². The van der Waals surface area contributed by atoms with Gasteiger partial charge in [-0.3, -0.25) is 0 Å². The summed E-state index contributed by atoms with van der Waals surface area (Å²) in [6, 6.07) is 47.8. The minimum absolute atomic E-state index is 0.384. The summed E-state index contributed by atoms with van der Waals surface area (Å²) in [5, 5.41) is 11.4. The monoisotopic (exact) mass is 836 g/mol. The van der Waals surface area contributed by atoms with Crippen molar-refractivity contribution in [1.82, 2.24) is 5.32 Å². The van der Waals surface area contributed by atoms with E-state index in [2.05, 4.69) is 142 Å². The van der Waals surface area contributed by atoms with E-state index in [1.165, 1.54) is 77.1 Å². The Kier molecular flexibility index (Phi) is 1.45. The molecule has 0 bridgehead atoms. The number of fused-ring (bicyclic) bond motifs is 20. The molecule has 10 unspecified atom stereocenters. The number of hydrogen-bond acceptors (Lipinski definition) is 1. The van der Waals surface area contributed by atoms with Gasteiger partial charge < -0.3 is 0 Å². The van der Waals surface area contributed by atoms with Crippen LogP contribution in [0.25, 0.3) is 0 Å². The maximum atomic E-state index is 6.55. The predicted molar refractivity (Wildman–Crippen MR) is 220 cm³/mol. The van der Waals surface area contributed by atoms with Gasteiger partial charge in [-0.05, 0) is 0 Å². The molecule has 20 fully saturated rings. The van der Waals surface area contributed by atoms with E-state index in [4.69, 9.17) is 10.3 Å². The van der Waals surface area contributed by atoms with Crippen molar-refractivity contribution in [1.29, 1.82) is 0 Å². The molecule has 12 atom stereocenters. The van der Waals surface area contributed by atoms with Crippen LogP contribution in [-0.2, 0) is 13.0 Å². The Balaban J connectivity index is 0.719. The number of benzene rings is 4. The molecule has 6 heteroatoms. The summed E-state index contributed by atoms with van der Waals surface area (Å²) in [5.41, 5.74) is 1.61. The average molecular weight is 837 g/mol. The fraction of sp³-hybridized carbons (Fsp3) is 0.490. The van der Waals surface area contributed by atoms with E-state index in [9.17, 15) is 0 Å². The van der Waals surface area contributed by atoms with Crippen LogP contribution in [-0.4, -0.2) is 26.5 Å². The summed E-state index contributed by atoms with van der Waals surface area (Å²) in [5.74, 6) is 0. The van der Waals surface area contributed by atoms with Gasteiger partial charge in [-0.15, -0.1) is 0 Å². The summed E-state index contributed by atoms with van der Waals surface area (Å²) in [4.78, 5) is 26.7. The van der Waals surface area contributed by atoms with Crippen molar-refractivity contribution in [2.24, 2.45) is 4.99 Å². The van der Waals surface area contributed by atoms with Gasteiger partial charge in [0.2, 0.25) is 0 Å². The first-order valence-corrected chi connectivity index (χ1v) is 37.3. The predicted octanol–water partition coefficient (Wildman–Crippen LogP) is 11.0. The van der Waals surface area contributed by atoms with Crippen molar-refractivity contribution in [3.63, 3.8) is 0 Å². The molecular formula is C49H46Fe2N2P2. The summed E-state index contributed by atoms with van der Waals surface area (Å²) in [6.45, 7) is -2.02. The summed E-state index contributed by atoms with van der Waals surface area (Å²) in [6.07, 6.45) is 2.69. The van der Waals surface area contributed by atoms with Crippen LogP contribution in [0.5, 0.6) is 0 Å². The standard InChI is InChI=1S/C39H36N2P2.2C5H5.2Fe/c1-30(42(32-17-7-3-8-18-32)33-19-9-4-10-20-33)36-25-15-27-38(36)40-29-41-39-28-16-26-37(39)31(2)43(34-21-11-5-12-22-34)35-23-13-6-14-24-35;2*1-2-4-5-3-1;;/h3-31H,1-2H3,(H,40,41);2*1-5H;;. The molecule has 24 rings (SSSR count). The Morgan fingerprint density at radius 3 is 1.20 bits per heavy atom. The van der Waals surface area contributed by atoms with Crippen molar-refractivity contribution in [2.45, 2.75) is 120 Å². The molecule has 0 radical (unpaired) electrons. The molecule has 278 valence electrons. The van der Waals surface area contributed by atoms with Crippen LogP contribution in [0.4, 0.5) is 0 Å². The first-order chi connectivity index (χ1) is 26.6. The Hall–Kier alpha value is -1.75. The molecule has 2 spiro atoms. The van der Waals surface area contributed by atoms with Crippen LogP contribution in [0.15, 0.2) is 126 Å². The Morgan fingerprint density at radius 2 is 0.836 bits per heavy atom. The minimum atomic E-state index is -3.87. The van der Waals surface area contributed by atoms with Crippen molar-refractivity contribution < 1.29 is 13.0 Å². The molecule has 4 aromatic carbocycles. The zero-order chi connectivity index (χ0) is 34.8. The van der Waals surface area contributed by atoms with Gasteiger partial charge in [0, 0.05) is 0 Å². The molecule has 2 nitrogen and oxygen atoms in total. The second kappa shape index (κ2) is 3.19. The molecule has 0 aromatic heterocycles. The number of hydrogen-bond donors (Lipinski definition) is 1. The first-order valence-electron chi connectivity index (χ1n) is 22.1. The number of aliphatic imine (C=N–C) groups is 1. The van der Waals surface area contributed by atoms with Gasteiger partial charge in [0.25, 0.3) is 0 Å². The fourth-order valence-corrected chi connectivity index (χ4v) is 204. The van der Waals surface area contributed by atoms with Crippen molar-refractivity contribution in [3.05, 3.63) is 121 Å². The second-order valence-electron chi connectivity index (χ2n) is 27.4. The molecule has 0 amide bonds. The van der Waals surface area contributed by atoms with Gasteiger partial charge >= 0.3 is 308 Å². The van der Waals surface area contributed by atoms with E-state index in [1.54, 1.807) is 21.2 Å². The van der Waals surface area contributed by atoms with E-state index in [0.717, 1.165) is 11.3 Å². The van der Waals surface area contributed by atoms with Gasteiger partial charge in [-0.2, -0.15) is 0 Å². The number of nitrogens with one attached hydrogen (secondary N) is 1. The molecule has 20 heterocycles. The van der Waals surface area contributed by atoms with E-state index in [1.807, 2.05) is 0 Å². The van der Waals surface area contributed by atoms with Crippen molar-refractivity contribution in [3.8, 4) is 0 Å². The van der Waals surface area contributed by atoms with E-state index >= 15 is 0 Å². The van der Waals surface area contributed by atoms with Crippen LogP contribution in [0.2, 0.25) is 85.7 Å². The average Bonchev–Trinajstić information content (AvgIpc) is 4.09. The fourth-order valence-electron chi connectivity index (χ4n) is 40.7.